The van der Waals surface area contributed by atoms with E-state index in [1.807, 2.05) is 6.07 Å². The van der Waals surface area contributed by atoms with Gasteiger partial charge >= 0.3 is 0 Å². The van der Waals surface area contributed by atoms with Gasteiger partial charge in [0, 0.05) is 24.5 Å². The van der Waals surface area contributed by atoms with Gasteiger partial charge < -0.3 is 9.90 Å². The maximum absolute atomic E-state index is 8.89. The Balaban J connectivity index is 0.000000310. The molecule has 0 fully saturated rings. The van der Waals surface area contributed by atoms with Gasteiger partial charge in [0.15, 0.2) is 12.4 Å². The van der Waals surface area contributed by atoms with Gasteiger partial charge in [-0.05, 0) is 6.92 Å². The summed E-state index contributed by atoms with van der Waals surface area (Å²) in [7, 11) is 0. The van der Waals surface area contributed by atoms with Crippen LogP contribution in [0.25, 0.3) is 0 Å². The molecular formula is C10H15NO2. The smallest absolute Gasteiger partial charge is 0.168 e. The summed E-state index contributed by atoms with van der Waals surface area (Å²) in [5, 5.41) is 8.89. The average Bonchev–Trinajstić information content (AvgIpc) is 2.06. The number of carboxylic acids is 1. The number of carbonyl (C=O) groups excluding carboxylic acids is 1. The zero-order valence-corrected chi connectivity index (χ0v) is 8.06. The zero-order chi connectivity index (χ0) is 10.1. The molecule has 0 aliphatic rings. The summed E-state index contributed by atoms with van der Waals surface area (Å²) in [6, 6.07) is 6.14. The summed E-state index contributed by atoms with van der Waals surface area (Å²) in [4.78, 5) is 8.89. The number of carbonyl (C=O) groups is 1. The van der Waals surface area contributed by atoms with Crippen molar-refractivity contribution in [2.45, 2.75) is 26.8 Å². The van der Waals surface area contributed by atoms with Crippen LogP contribution in [-0.2, 0) is 11.3 Å². The Morgan fingerprint density at radius 2 is 1.77 bits per heavy atom. The second kappa shape index (κ2) is 7.28. The molecular weight excluding hydrogens is 166 g/mol. The van der Waals surface area contributed by atoms with Crippen LogP contribution in [0.3, 0.4) is 0 Å². The van der Waals surface area contributed by atoms with Gasteiger partial charge in [0.25, 0.3) is 0 Å². The van der Waals surface area contributed by atoms with Gasteiger partial charge in [-0.25, -0.2) is 4.57 Å². The van der Waals surface area contributed by atoms with Gasteiger partial charge in [-0.2, -0.15) is 0 Å². The van der Waals surface area contributed by atoms with Crippen molar-refractivity contribution in [2.24, 2.45) is 0 Å². The summed E-state index contributed by atoms with van der Waals surface area (Å²) >= 11 is 0. The standard InChI is InChI=1S/C8H12N.C2H4O2/c1-2-6-9-7-4-3-5-8-9;1-2(3)4/h3-5,7-8H,2,6H2,1H3;1H3,(H,3,4)/q+1;/p-1. The predicted octanol–water partition coefficient (Wildman–Crippen LogP) is 0.140. The molecule has 0 amide bonds. The molecule has 0 N–H and O–H groups in total. The van der Waals surface area contributed by atoms with Crippen LogP contribution < -0.4 is 9.67 Å². The maximum atomic E-state index is 8.89. The van der Waals surface area contributed by atoms with Crippen molar-refractivity contribution in [2.75, 3.05) is 0 Å². The van der Waals surface area contributed by atoms with Crippen LogP contribution in [0, 0.1) is 0 Å². The minimum Gasteiger partial charge on any atom is -0.550 e. The van der Waals surface area contributed by atoms with E-state index in [4.69, 9.17) is 9.90 Å². The van der Waals surface area contributed by atoms with Crippen LogP contribution in [0.5, 0.6) is 0 Å². The third kappa shape index (κ3) is 8.53. The Bertz CT molecular complexity index is 230. The minimum atomic E-state index is -1.08. The fourth-order valence-corrected chi connectivity index (χ4v) is 0.842. The topological polar surface area (TPSA) is 44.0 Å². The highest BCUT2D eigenvalue weighted by atomic mass is 16.4. The first kappa shape index (κ1) is 11.6. The number of aryl methyl sites for hydroxylation is 1. The molecule has 1 aromatic rings. The van der Waals surface area contributed by atoms with Crippen LogP contribution in [0.4, 0.5) is 0 Å². The molecule has 1 aromatic heterocycles. The maximum Gasteiger partial charge on any atom is 0.168 e. The number of hydrogen-bond acceptors (Lipinski definition) is 2. The van der Waals surface area contributed by atoms with Crippen molar-refractivity contribution in [3.63, 3.8) is 0 Å². The number of aliphatic carboxylic acids is 1. The highest BCUT2D eigenvalue weighted by Gasteiger charge is 1.90. The fourth-order valence-electron chi connectivity index (χ4n) is 0.842. The lowest BCUT2D eigenvalue weighted by Crippen LogP contribution is -2.31. The van der Waals surface area contributed by atoms with Crippen molar-refractivity contribution in [3.05, 3.63) is 30.6 Å². The lowest BCUT2D eigenvalue weighted by molar-refractivity contribution is -0.697. The number of pyridine rings is 1. The van der Waals surface area contributed by atoms with E-state index in [1.54, 1.807) is 0 Å². The summed E-state index contributed by atoms with van der Waals surface area (Å²) in [6.45, 7) is 4.28. The van der Waals surface area contributed by atoms with Gasteiger partial charge in [0.1, 0.15) is 6.54 Å². The molecule has 0 atom stereocenters. The highest BCUT2D eigenvalue weighted by molar-refractivity contribution is 5.60. The molecule has 1 heterocycles. The van der Waals surface area contributed by atoms with Gasteiger partial charge in [-0.3, -0.25) is 0 Å². The van der Waals surface area contributed by atoms with Crippen LogP contribution in [0.1, 0.15) is 20.3 Å². The van der Waals surface area contributed by atoms with Gasteiger partial charge in [0.2, 0.25) is 0 Å². The second-order valence-corrected chi connectivity index (χ2v) is 2.60. The van der Waals surface area contributed by atoms with E-state index in [9.17, 15) is 0 Å². The summed E-state index contributed by atoms with van der Waals surface area (Å²) < 4.78 is 2.18. The monoisotopic (exact) mass is 181 g/mol. The molecule has 0 bridgehead atoms. The first-order valence-electron chi connectivity index (χ1n) is 4.28. The molecule has 3 heteroatoms. The summed E-state index contributed by atoms with van der Waals surface area (Å²) in [5.74, 6) is -1.08. The van der Waals surface area contributed by atoms with E-state index < -0.39 is 5.97 Å². The zero-order valence-electron chi connectivity index (χ0n) is 8.06. The molecule has 0 saturated heterocycles. The molecule has 13 heavy (non-hydrogen) atoms. The van der Waals surface area contributed by atoms with Crippen molar-refractivity contribution < 1.29 is 14.5 Å². The lowest BCUT2D eigenvalue weighted by Gasteiger charge is -1.88. The van der Waals surface area contributed by atoms with Gasteiger partial charge in [-0.1, -0.05) is 13.0 Å². The molecule has 0 aliphatic carbocycles. The van der Waals surface area contributed by atoms with Crippen molar-refractivity contribution in [1.82, 2.24) is 0 Å². The van der Waals surface area contributed by atoms with Crippen LogP contribution >= 0.6 is 0 Å². The summed E-state index contributed by atoms with van der Waals surface area (Å²) in [5.41, 5.74) is 0. The number of carboxylic acid groups (broad SMARTS) is 1. The molecule has 0 aromatic carbocycles. The molecule has 0 radical (unpaired) electrons. The number of nitrogens with zero attached hydrogens (tertiary/aromatic N) is 1. The van der Waals surface area contributed by atoms with Gasteiger partial charge in [-0.15, -0.1) is 0 Å². The van der Waals surface area contributed by atoms with E-state index in [0.29, 0.717) is 0 Å². The quantitative estimate of drug-likeness (QED) is 0.609. The van der Waals surface area contributed by atoms with Gasteiger partial charge in [0.05, 0.1) is 0 Å². The van der Waals surface area contributed by atoms with Crippen molar-refractivity contribution >= 4 is 5.97 Å². The number of rotatable bonds is 2. The van der Waals surface area contributed by atoms with Crippen molar-refractivity contribution in [3.8, 4) is 0 Å². The normalized spacial score (nSPS) is 8.46. The van der Waals surface area contributed by atoms with E-state index in [2.05, 4.69) is 36.0 Å². The Kier molecular flexibility index (Phi) is 6.51. The molecule has 72 valence electrons. The Hall–Kier alpha value is -1.38. The molecule has 0 spiro atoms. The molecule has 3 nitrogen and oxygen atoms in total. The van der Waals surface area contributed by atoms with Crippen molar-refractivity contribution in [1.29, 1.82) is 0 Å². The predicted molar refractivity (Wildman–Crippen MR) is 47.6 cm³/mol. The van der Waals surface area contributed by atoms with E-state index >= 15 is 0 Å². The average molecular weight is 181 g/mol. The second-order valence-electron chi connectivity index (χ2n) is 2.60. The lowest BCUT2D eigenvalue weighted by atomic mass is 10.4. The molecule has 0 saturated carbocycles. The molecule has 0 aliphatic heterocycles. The van der Waals surface area contributed by atoms with E-state index in [0.717, 1.165) is 13.5 Å². The third-order valence-corrected chi connectivity index (χ3v) is 1.26. The Morgan fingerprint density at radius 1 is 1.31 bits per heavy atom. The third-order valence-electron chi connectivity index (χ3n) is 1.26. The minimum absolute atomic E-state index is 0.972. The number of aromatic nitrogens is 1. The van der Waals surface area contributed by atoms with Crippen LogP contribution in [-0.4, -0.2) is 5.97 Å². The highest BCUT2D eigenvalue weighted by Crippen LogP contribution is 1.78. The summed E-state index contributed by atoms with van der Waals surface area (Å²) in [6.07, 6.45) is 5.38. The van der Waals surface area contributed by atoms with E-state index in [1.165, 1.54) is 6.42 Å². The molecule has 0 unspecified atom stereocenters. The molecule has 1 rings (SSSR count). The van der Waals surface area contributed by atoms with Crippen LogP contribution in [0.15, 0.2) is 30.6 Å². The SMILES string of the molecule is CC(=O)[O-].CCC[n+]1ccccc1. The first-order chi connectivity index (χ1) is 6.16. The number of hydrogen-bond donors (Lipinski definition) is 0. The van der Waals surface area contributed by atoms with E-state index in [-0.39, 0.29) is 0 Å². The Morgan fingerprint density at radius 3 is 2.15 bits per heavy atom. The first-order valence-corrected chi connectivity index (χ1v) is 4.28. The largest absolute Gasteiger partial charge is 0.550 e. The Labute approximate surface area is 78.6 Å². The fraction of sp³-hybridized carbons (Fsp3) is 0.400. The van der Waals surface area contributed by atoms with Crippen LogP contribution in [0.2, 0.25) is 0 Å².